The lowest BCUT2D eigenvalue weighted by molar-refractivity contribution is -0.128. The predicted molar refractivity (Wildman–Crippen MR) is 145 cm³/mol. The number of aromatic amines is 1. The van der Waals surface area contributed by atoms with Gasteiger partial charge in [-0.15, -0.1) is 0 Å². The summed E-state index contributed by atoms with van der Waals surface area (Å²) in [5.41, 5.74) is 2.15. The number of ether oxygens (including phenoxy) is 3. The largest absolute Gasteiger partial charge is 0.493 e. The third-order valence-electron chi connectivity index (χ3n) is 6.18. The van der Waals surface area contributed by atoms with Gasteiger partial charge in [0.25, 0.3) is 0 Å². The lowest BCUT2D eigenvalue weighted by Crippen LogP contribution is -2.36. The first-order valence-corrected chi connectivity index (χ1v) is 12.8. The number of halogens is 1. The van der Waals surface area contributed by atoms with Crippen LogP contribution in [0.1, 0.15) is 32.4 Å². The van der Waals surface area contributed by atoms with Crippen molar-refractivity contribution in [2.75, 3.05) is 39.9 Å². The number of carbonyl (C=O) groups excluding carboxylic acids is 1. The third kappa shape index (κ3) is 6.31. The Morgan fingerprint density at radius 3 is 2.68 bits per heavy atom. The number of H-pyrrole nitrogens is 1. The molecule has 0 radical (unpaired) electrons. The molecule has 2 heterocycles. The van der Waals surface area contributed by atoms with Crippen LogP contribution in [-0.4, -0.2) is 65.7 Å². The van der Waals surface area contributed by atoms with E-state index in [9.17, 15) is 4.79 Å². The van der Waals surface area contributed by atoms with Gasteiger partial charge in [0.1, 0.15) is 6.33 Å². The first kappa shape index (κ1) is 27.1. The summed E-state index contributed by atoms with van der Waals surface area (Å²) in [5.74, 6) is 0.976. The van der Waals surface area contributed by atoms with Gasteiger partial charge in [0.05, 0.1) is 24.6 Å². The zero-order valence-corrected chi connectivity index (χ0v) is 22.3. The highest BCUT2D eigenvalue weighted by molar-refractivity contribution is 5.87. The average molecular weight is 524 g/mol. The zero-order chi connectivity index (χ0) is 27.1. The Morgan fingerprint density at radius 1 is 1.08 bits per heavy atom. The number of aromatic nitrogens is 3. The highest BCUT2D eigenvalue weighted by Crippen LogP contribution is 2.37. The van der Waals surface area contributed by atoms with E-state index in [1.54, 1.807) is 44.4 Å². The van der Waals surface area contributed by atoms with Crippen molar-refractivity contribution < 1.29 is 23.4 Å². The number of nitrogens with one attached hydrogen (secondary N) is 2. The van der Waals surface area contributed by atoms with Crippen molar-refractivity contribution in [3.63, 3.8) is 0 Å². The molecule has 0 fully saturated rings. The van der Waals surface area contributed by atoms with Crippen molar-refractivity contribution in [3.8, 4) is 23.1 Å². The molecule has 202 valence electrons. The van der Waals surface area contributed by atoms with Gasteiger partial charge in [-0.05, 0) is 50.6 Å². The maximum atomic E-state index is 15.1. The van der Waals surface area contributed by atoms with Gasteiger partial charge in [-0.1, -0.05) is 6.92 Å². The zero-order valence-electron chi connectivity index (χ0n) is 22.3. The van der Waals surface area contributed by atoms with E-state index in [1.807, 2.05) is 11.8 Å². The summed E-state index contributed by atoms with van der Waals surface area (Å²) in [6, 6.07) is 8.59. The van der Waals surface area contributed by atoms with E-state index in [0.717, 1.165) is 38.2 Å². The first-order valence-electron chi connectivity index (χ1n) is 12.8. The smallest absolute Gasteiger partial charge is 0.230 e. The molecular weight excluding hydrogens is 489 g/mol. The van der Waals surface area contributed by atoms with Crippen LogP contribution in [0.2, 0.25) is 0 Å². The van der Waals surface area contributed by atoms with Crippen LogP contribution in [0.15, 0.2) is 36.7 Å². The number of benzene rings is 2. The topological polar surface area (TPSA) is 102 Å². The van der Waals surface area contributed by atoms with Gasteiger partial charge in [0, 0.05) is 49.2 Å². The van der Waals surface area contributed by atoms with Crippen molar-refractivity contribution in [1.82, 2.24) is 25.2 Å². The summed E-state index contributed by atoms with van der Waals surface area (Å²) >= 11 is 0. The molecule has 10 heteroatoms. The Kier molecular flexibility index (Phi) is 8.96. The SMILES string of the molecule is CCCN(CCNCCCOc1cc2ncnc(Oc3ccc4[nH]c(C)cc4c3F)c2cc1OC)C(C)=O. The fraction of sp³-hybridized carbons (Fsp3) is 0.393. The maximum absolute atomic E-state index is 15.1. The lowest BCUT2D eigenvalue weighted by atomic mass is 10.2. The Hall–Kier alpha value is -3.92. The second-order valence-corrected chi connectivity index (χ2v) is 9.05. The summed E-state index contributed by atoms with van der Waals surface area (Å²) < 4.78 is 32.5. The number of carbonyl (C=O) groups is 1. The van der Waals surface area contributed by atoms with Crippen LogP contribution >= 0.6 is 0 Å². The summed E-state index contributed by atoms with van der Waals surface area (Å²) in [4.78, 5) is 25.2. The molecule has 0 aliphatic heterocycles. The molecule has 1 amide bonds. The Labute approximate surface area is 221 Å². The van der Waals surface area contributed by atoms with Gasteiger partial charge in [-0.3, -0.25) is 4.79 Å². The lowest BCUT2D eigenvalue weighted by Gasteiger charge is -2.20. The van der Waals surface area contributed by atoms with Gasteiger partial charge in [-0.25, -0.2) is 14.4 Å². The molecule has 0 atom stereocenters. The molecule has 4 aromatic rings. The van der Waals surface area contributed by atoms with Crippen LogP contribution in [-0.2, 0) is 4.79 Å². The van der Waals surface area contributed by atoms with Crippen LogP contribution in [0.25, 0.3) is 21.8 Å². The molecule has 2 aromatic heterocycles. The standard InChI is InChI=1S/C28H34FN5O4/c1-5-11-34(19(3)35)12-10-30-9-6-13-37-26-16-23-21(15-25(26)36-4)28(32-17-31-23)38-24-8-7-22-20(27(24)29)14-18(2)33-22/h7-8,14-17,30,33H,5-6,9-13H2,1-4H3. The van der Waals surface area contributed by atoms with E-state index < -0.39 is 5.82 Å². The highest BCUT2D eigenvalue weighted by Gasteiger charge is 2.16. The summed E-state index contributed by atoms with van der Waals surface area (Å²) in [6.45, 7) is 8.95. The second kappa shape index (κ2) is 12.6. The maximum Gasteiger partial charge on any atom is 0.230 e. The van der Waals surface area contributed by atoms with Crippen LogP contribution in [0.5, 0.6) is 23.1 Å². The van der Waals surface area contributed by atoms with Crippen molar-refractivity contribution in [3.05, 3.63) is 48.2 Å². The highest BCUT2D eigenvalue weighted by atomic mass is 19.1. The normalized spacial score (nSPS) is 11.2. The molecule has 0 spiro atoms. The molecule has 0 aliphatic carbocycles. The van der Waals surface area contributed by atoms with Crippen molar-refractivity contribution in [2.45, 2.75) is 33.6 Å². The van der Waals surface area contributed by atoms with Crippen LogP contribution < -0.4 is 19.5 Å². The summed E-state index contributed by atoms with van der Waals surface area (Å²) in [5, 5.41) is 4.38. The number of methoxy groups -OCH3 is 1. The number of hydrogen-bond acceptors (Lipinski definition) is 7. The molecule has 0 saturated heterocycles. The predicted octanol–water partition coefficient (Wildman–Crippen LogP) is 4.98. The van der Waals surface area contributed by atoms with E-state index in [2.05, 4.69) is 27.2 Å². The number of fused-ring (bicyclic) bond motifs is 2. The van der Waals surface area contributed by atoms with Gasteiger partial charge >= 0.3 is 0 Å². The van der Waals surface area contributed by atoms with E-state index >= 15 is 4.39 Å². The molecule has 0 aliphatic rings. The minimum atomic E-state index is -0.460. The molecule has 0 bridgehead atoms. The van der Waals surface area contributed by atoms with E-state index in [1.165, 1.54) is 6.33 Å². The number of rotatable bonds is 13. The molecule has 9 nitrogen and oxygen atoms in total. The monoisotopic (exact) mass is 523 g/mol. The number of nitrogens with zero attached hydrogens (tertiary/aromatic N) is 3. The fourth-order valence-corrected chi connectivity index (χ4v) is 4.28. The van der Waals surface area contributed by atoms with Gasteiger partial charge in [0.15, 0.2) is 23.1 Å². The molecule has 2 aromatic carbocycles. The van der Waals surface area contributed by atoms with Gasteiger partial charge in [-0.2, -0.15) is 0 Å². The first-order chi connectivity index (χ1) is 18.4. The molecule has 2 N–H and O–H groups in total. The fourth-order valence-electron chi connectivity index (χ4n) is 4.28. The van der Waals surface area contributed by atoms with Crippen LogP contribution in [0.4, 0.5) is 4.39 Å². The number of amides is 1. The second-order valence-electron chi connectivity index (χ2n) is 9.05. The minimum absolute atomic E-state index is 0.0735. The third-order valence-corrected chi connectivity index (χ3v) is 6.18. The minimum Gasteiger partial charge on any atom is -0.493 e. The van der Waals surface area contributed by atoms with Crippen molar-refractivity contribution in [2.24, 2.45) is 0 Å². The van der Waals surface area contributed by atoms with E-state index in [0.29, 0.717) is 46.5 Å². The van der Waals surface area contributed by atoms with Crippen molar-refractivity contribution >= 4 is 27.7 Å². The number of hydrogen-bond donors (Lipinski definition) is 2. The quantitative estimate of drug-likeness (QED) is 0.239. The Morgan fingerprint density at radius 2 is 1.92 bits per heavy atom. The molecular formula is C28H34FN5O4. The van der Waals surface area contributed by atoms with Crippen LogP contribution in [0, 0.1) is 12.7 Å². The van der Waals surface area contributed by atoms with Crippen molar-refractivity contribution in [1.29, 1.82) is 0 Å². The van der Waals surface area contributed by atoms with Crippen LogP contribution in [0.3, 0.4) is 0 Å². The molecule has 38 heavy (non-hydrogen) atoms. The van der Waals surface area contributed by atoms with E-state index in [4.69, 9.17) is 14.2 Å². The molecule has 4 rings (SSSR count). The van der Waals surface area contributed by atoms with E-state index in [-0.39, 0.29) is 17.5 Å². The molecule has 0 saturated carbocycles. The number of aryl methyl sites for hydroxylation is 1. The van der Waals surface area contributed by atoms with Gasteiger partial charge < -0.3 is 29.4 Å². The summed E-state index contributed by atoms with van der Waals surface area (Å²) in [7, 11) is 1.55. The summed E-state index contributed by atoms with van der Waals surface area (Å²) in [6.07, 6.45) is 3.09. The Bertz CT molecular complexity index is 1410. The Balaban J connectivity index is 1.39. The van der Waals surface area contributed by atoms with Gasteiger partial charge in [0.2, 0.25) is 11.8 Å². The average Bonchev–Trinajstić information content (AvgIpc) is 3.29. The molecule has 0 unspecified atom stereocenters.